The van der Waals surface area contributed by atoms with Crippen LogP contribution in [0.5, 0.6) is 0 Å². The quantitative estimate of drug-likeness (QED) is 0.255. The molecule has 0 fully saturated rings. The predicted octanol–water partition coefficient (Wildman–Crippen LogP) is 4.77. The molecule has 0 unspecified atom stereocenters. The normalized spacial score (nSPS) is 10.7. The molecular weight excluding hydrogens is 400 g/mol. The summed E-state index contributed by atoms with van der Waals surface area (Å²) >= 11 is 1.14. The smallest absolute Gasteiger partial charge is 0.284 e. The molecule has 4 rings (SSSR count). The molecule has 4 aromatic rings. The lowest BCUT2D eigenvalue weighted by molar-refractivity contribution is -0.387. The number of aromatic nitrogens is 3. The third-order valence-corrected chi connectivity index (χ3v) is 5.63. The van der Waals surface area contributed by atoms with Crippen LogP contribution in [0.15, 0.2) is 88.9 Å². The molecule has 0 atom stereocenters. The van der Waals surface area contributed by atoms with E-state index in [4.69, 9.17) is 0 Å². The highest BCUT2D eigenvalue weighted by atomic mass is 32.2. The Morgan fingerprint density at radius 2 is 1.60 bits per heavy atom. The summed E-state index contributed by atoms with van der Waals surface area (Å²) in [7, 11) is 1.81. The van der Waals surface area contributed by atoms with E-state index < -0.39 is 4.92 Å². The minimum Gasteiger partial charge on any atom is -0.305 e. The number of carbonyl (C=O) groups is 1. The van der Waals surface area contributed by atoms with Crippen LogP contribution in [0.1, 0.15) is 15.9 Å². The van der Waals surface area contributed by atoms with E-state index in [2.05, 4.69) is 10.2 Å². The zero-order valence-electron chi connectivity index (χ0n) is 15.9. The lowest BCUT2D eigenvalue weighted by Gasteiger charge is -2.06. The Morgan fingerprint density at radius 1 is 0.933 bits per heavy atom. The van der Waals surface area contributed by atoms with Crippen LogP contribution >= 0.6 is 11.8 Å². The van der Waals surface area contributed by atoms with E-state index >= 15 is 0 Å². The highest BCUT2D eigenvalue weighted by Gasteiger charge is 2.21. The minimum absolute atomic E-state index is 0.147. The van der Waals surface area contributed by atoms with Gasteiger partial charge in [-0.15, -0.1) is 10.2 Å². The van der Waals surface area contributed by atoms with Gasteiger partial charge in [-0.3, -0.25) is 14.9 Å². The van der Waals surface area contributed by atoms with E-state index in [0.717, 1.165) is 17.3 Å². The molecule has 30 heavy (non-hydrogen) atoms. The first-order valence-corrected chi connectivity index (χ1v) is 9.87. The van der Waals surface area contributed by atoms with Crippen LogP contribution in [0, 0.1) is 10.1 Å². The van der Waals surface area contributed by atoms with E-state index in [1.54, 1.807) is 41.0 Å². The van der Waals surface area contributed by atoms with Crippen molar-refractivity contribution in [2.24, 2.45) is 7.05 Å². The third kappa shape index (κ3) is 3.85. The molecule has 0 saturated carbocycles. The van der Waals surface area contributed by atoms with Crippen molar-refractivity contribution < 1.29 is 9.72 Å². The Hall–Kier alpha value is -3.78. The molecule has 8 heteroatoms. The Balaban J connectivity index is 1.66. The molecule has 1 aromatic heterocycles. The van der Waals surface area contributed by atoms with Crippen molar-refractivity contribution in [1.29, 1.82) is 0 Å². The summed E-state index contributed by atoms with van der Waals surface area (Å²) in [6, 6.07) is 22.7. The Kier molecular flexibility index (Phi) is 5.40. The van der Waals surface area contributed by atoms with Crippen molar-refractivity contribution in [1.82, 2.24) is 14.8 Å². The van der Waals surface area contributed by atoms with Crippen LogP contribution in [0.3, 0.4) is 0 Å². The summed E-state index contributed by atoms with van der Waals surface area (Å²) in [6.07, 6.45) is 0. The SMILES string of the molecule is Cn1c(Sc2ccc(C(=O)c3ccccc3)cc2[N+](=O)[O-])nnc1-c1ccccc1. The van der Waals surface area contributed by atoms with Crippen molar-refractivity contribution in [2.45, 2.75) is 10.1 Å². The van der Waals surface area contributed by atoms with Crippen molar-refractivity contribution in [3.05, 3.63) is 100 Å². The van der Waals surface area contributed by atoms with Gasteiger partial charge in [-0.2, -0.15) is 0 Å². The van der Waals surface area contributed by atoms with Gasteiger partial charge in [0.15, 0.2) is 16.8 Å². The second-order valence-corrected chi connectivity index (χ2v) is 7.48. The van der Waals surface area contributed by atoms with Gasteiger partial charge < -0.3 is 4.57 Å². The maximum Gasteiger partial charge on any atom is 0.284 e. The molecule has 1 heterocycles. The second kappa shape index (κ2) is 8.30. The molecule has 7 nitrogen and oxygen atoms in total. The van der Waals surface area contributed by atoms with Gasteiger partial charge >= 0.3 is 0 Å². The maximum absolute atomic E-state index is 12.6. The molecule has 0 aliphatic rings. The van der Waals surface area contributed by atoms with Crippen molar-refractivity contribution in [3.63, 3.8) is 0 Å². The molecule has 0 aliphatic heterocycles. The van der Waals surface area contributed by atoms with E-state index in [1.807, 2.05) is 43.4 Å². The largest absolute Gasteiger partial charge is 0.305 e. The van der Waals surface area contributed by atoms with Gasteiger partial charge in [-0.1, -0.05) is 60.7 Å². The van der Waals surface area contributed by atoms with Crippen LogP contribution in [0.2, 0.25) is 0 Å². The number of nitro groups is 1. The fourth-order valence-electron chi connectivity index (χ4n) is 2.98. The third-order valence-electron chi connectivity index (χ3n) is 4.52. The molecule has 148 valence electrons. The molecule has 0 aliphatic carbocycles. The molecule has 0 N–H and O–H groups in total. The van der Waals surface area contributed by atoms with Crippen molar-refractivity contribution in [3.8, 4) is 11.4 Å². The number of hydrogen-bond acceptors (Lipinski definition) is 6. The summed E-state index contributed by atoms with van der Waals surface area (Å²) in [5.74, 6) is 0.400. The predicted molar refractivity (Wildman–Crippen MR) is 114 cm³/mol. The molecule has 0 saturated heterocycles. The lowest BCUT2D eigenvalue weighted by Crippen LogP contribution is -2.03. The molecule has 3 aromatic carbocycles. The minimum atomic E-state index is -0.488. The van der Waals surface area contributed by atoms with Gasteiger partial charge in [0.2, 0.25) is 0 Å². The number of hydrogen-bond donors (Lipinski definition) is 0. The number of carbonyl (C=O) groups excluding carboxylic acids is 1. The van der Waals surface area contributed by atoms with Gasteiger partial charge in [0.05, 0.1) is 9.82 Å². The van der Waals surface area contributed by atoms with Crippen LogP contribution < -0.4 is 0 Å². The van der Waals surface area contributed by atoms with E-state index in [-0.39, 0.29) is 17.0 Å². The van der Waals surface area contributed by atoms with Gasteiger partial charge in [-0.25, -0.2) is 0 Å². The summed E-state index contributed by atoms with van der Waals surface area (Å²) in [4.78, 5) is 24.2. The van der Waals surface area contributed by atoms with Gasteiger partial charge in [-0.05, 0) is 23.9 Å². The van der Waals surface area contributed by atoms with E-state index in [9.17, 15) is 14.9 Å². The first kappa shape index (κ1) is 19.5. The van der Waals surface area contributed by atoms with Crippen molar-refractivity contribution in [2.75, 3.05) is 0 Å². The standard InChI is InChI=1S/C22H16N4O3S/c1-25-21(16-10-6-3-7-11-16)23-24-22(25)30-19-13-12-17(14-18(19)26(28)29)20(27)15-8-4-2-5-9-15/h2-14H,1H3. The molecule has 0 spiro atoms. The van der Waals surface area contributed by atoms with Gasteiger partial charge in [0.25, 0.3) is 5.69 Å². The molecule has 0 bridgehead atoms. The summed E-state index contributed by atoms with van der Waals surface area (Å²) in [5.41, 5.74) is 1.50. The lowest BCUT2D eigenvalue weighted by atomic mass is 10.0. The first-order chi connectivity index (χ1) is 14.5. The van der Waals surface area contributed by atoms with Crippen LogP contribution in [-0.4, -0.2) is 25.5 Å². The Morgan fingerprint density at radius 3 is 2.27 bits per heavy atom. The Bertz CT molecular complexity index is 1220. The summed E-state index contributed by atoms with van der Waals surface area (Å²) < 4.78 is 1.78. The number of nitro benzene ring substituents is 1. The number of rotatable bonds is 6. The van der Waals surface area contributed by atoms with Crippen molar-refractivity contribution >= 4 is 23.2 Å². The number of ketones is 1. The number of benzene rings is 3. The zero-order valence-corrected chi connectivity index (χ0v) is 16.7. The van der Waals surface area contributed by atoms with Gasteiger partial charge in [0.1, 0.15) is 0 Å². The average molecular weight is 416 g/mol. The van der Waals surface area contributed by atoms with Gasteiger partial charge in [0, 0.05) is 29.8 Å². The van der Waals surface area contributed by atoms with E-state index in [0.29, 0.717) is 21.4 Å². The Labute approximate surface area is 176 Å². The highest BCUT2D eigenvalue weighted by molar-refractivity contribution is 7.99. The molecule has 0 radical (unpaired) electrons. The van der Waals surface area contributed by atoms with Crippen LogP contribution in [0.4, 0.5) is 5.69 Å². The fourth-order valence-corrected chi connectivity index (χ4v) is 3.86. The summed E-state index contributed by atoms with van der Waals surface area (Å²) in [5, 5.41) is 20.6. The molecular formula is C22H16N4O3S. The van der Waals surface area contributed by atoms with Crippen LogP contribution in [-0.2, 0) is 7.05 Å². The maximum atomic E-state index is 12.6. The average Bonchev–Trinajstić information content (AvgIpc) is 3.14. The summed E-state index contributed by atoms with van der Waals surface area (Å²) in [6.45, 7) is 0. The highest BCUT2D eigenvalue weighted by Crippen LogP contribution is 2.35. The first-order valence-electron chi connectivity index (χ1n) is 9.05. The fraction of sp³-hybridized carbons (Fsp3) is 0.0455. The zero-order chi connectivity index (χ0) is 21.1. The molecule has 0 amide bonds. The van der Waals surface area contributed by atoms with Crippen LogP contribution in [0.25, 0.3) is 11.4 Å². The monoisotopic (exact) mass is 416 g/mol. The topological polar surface area (TPSA) is 90.9 Å². The number of nitrogens with zero attached hydrogens (tertiary/aromatic N) is 4. The second-order valence-electron chi connectivity index (χ2n) is 6.47. The van der Waals surface area contributed by atoms with E-state index in [1.165, 1.54) is 6.07 Å².